The number of benzene rings is 1. The molecule has 6 nitrogen and oxygen atoms in total. The van der Waals surface area contributed by atoms with Crippen LogP contribution in [0.4, 0.5) is 0 Å². The predicted molar refractivity (Wildman–Crippen MR) is 99.6 cm³/mol. The summed E-state index contributed by atoms with van der Waals surface area (Å²) in [4.78, 5) is 12.4. The van der Waals surface area contributed by atoms with E-state index in [2.05, 4.69) is 17.0 Å². The van der Waals surface area contributed by atoms with E-state index in [0.717, 1.165) is 25.7 Å². The molecule has 1 rings (SSSR count). The molecule has 1 aromatic rings. The maximum atomic E-state index is 12.4. The second kappa shape index (κ2) is 10.8. The molecule has 2 N–H and O–H groups in total. The minimum absolute atomic E-state index is 0.00297. The number of carbonyl (C=O) groups excluding carboxylic acids is 1. The lowest BCUT2D eigenvalue weighted by Gasteiger charge is -2.15. The highest BCUT2D eigenvalue weighted by Gasteiger charge is 2.19. The number of halogens is 1. The summed E-state index contributed by atoms with van der Waals surface area (Å²) >= 11 is 6.08. The summed E-state index contributed by atoms with van der Waals surface area (Å²) < 4.78 is 31.7. The Hall–Kier alpha value is -1.15. The highest BCUT2D eigenvalue weighted by molar-refractivity contribution is 7.89. The Morgan fingerprint density at radius 2 is 2.04 bits per heavy atom. The minimum atomic E-state index is -3.72. The molecule has 0 radical (unpaired) electrons. The Balaban J connectivity index is 2.84. The van der Waals surface area contributed by atoms with Gasteiger partial charge in [-0.25, -0.2) is 13.1 Å². The number of sulfonamides is 1. The smallest absolute Gasteiger partial charge is 0.253 e. The van der Waals surface area contributed by atoms with Crippen LogP contribution in [0.25, 0.3) is 0 Å². The van der Waals surface area contributed by atoms with Crippen molar-refractivity contribution in [1.29, 1.82) is 0 Å². The largest absolute Gasteiger partial charge is 0.383 e. The molecule has 0 heterocycles. The first kappa shape index (κ1) is 21.9. The molecule has 142 valence electrons. The van der Waals surface area contributed by atoms with Crippen molar-refractivity contribution in [1.82, 2.24) is 10.0 Å². The van der Waals surface area contributed by atoms with Crippen LogP contribution in [0.1, 0.15) is 49.9 Å². The Kier molecular flexibility index (Phi) is 9.42. The van der Waals surface area contributed by atoms with E-state index in [1.807, 2.05) is 6.92 Å². The first-order valence-electron chi connectivity index (χ1n) is 8.40. The van der Waals surface area contributed by atoms with Gasteiger partial charge in [-0.3, -0.25) is 4.79 Å². The SMILES string of the molecule is CCCCCC(C)NC(=O)c1cc(S(=O)(=O)NCCOC)ccc1Cl. The van der Waals surface area contributed by atoms with Gasteiger partial charge < -0.3 is 10.1 Å². The number of hydrogen-bond donors (Lipinski definition) is 2. The molecule has 0 spiro atoms. The number of unbranched alkanes of at least 4 members (excludes halogenated alkanes) is 2. The molecule has 0 aliphatic heterocycles. The van der Waals surface area contributed by atoms with Crippen molar-refractivity contribution in [3.63, 3.8) is 0 Å². The van der Waals surface area contributed by atoms with Crippen molar-refractivity contribution in [2.75, 3.05) is 20.3 Å². The highest BCUT2D eigenvalue weighted by Crippen LogP contribution is 2.21. The van der Waals surface area contributed by atoms with E-state index in [4.69, 9.17) is 16.3 Å². The van der Waals surface area contributed by atoms with E-state index >= 15 is 0 Å². The van der Waals surface area contributed by atoms with Crippen molar-refractivity contribution in [2.24, 2.45) is 0 Å². The fourth-order valence-electron chi connectivity index (χ4n) is 2.28. The van der Waals surface area contributed by atoms with Crippen LogP contribution in [0.2, 0.25) is 5.02 Å². The van der Waals surface area contributed by atoms with Crippen molar-refractivity contribution < 1.29 is 17.9 Å². The maximum absolute atomic E-state index is 12.4. The number of amides is 1. The highest BCUT2D eigenvalue weighted by atomic mass is 35.5. The van der Waals surface area contributed by atoms with Gasteiger partial charge in [0.05, 0.1) is 22.1 Å². The normalized spacial score (nSPS) is 12.8. The molecule has 0 aliphatic carbocycles. The quantitative estimate of drug-likeness (QED) is 0.569. The Morgan fingerprint density at radius 1 is 1.32 bits per heavy atom. The molecule has 0 aliphatic rings. The Bertz CT molecular complexity index is 665. The molecule has 1 atom stereocenters. The van der Waals surface area contributed by atoms with E-state index in [1.54, 1.807) is 0 Å². The molecule has 0 saturated carbocycles. The lowest BCUT2D eigenvalue weighted by Crippen LogP contribution is -2.33. The molecule has 1 amide bonds. The van der Waals surface area contributed by atoms with Crippen molar-refractivity contribution >= 4 is 27.5 Å². The first-order valence-corrected chi connectivity index (χ1v) is 10.3. The molecule has 0 saturated heterocycles. The van der Waals surface area contributed by atoms with Crippen LogP contribution in [0.5, 0.6) is 0 Å². The predicted octanol–water partition coefficient (Wildman–Crippen LogP) is 2.96. The zero-order valence-corrected chi connectivity index (χ0v) is 16.5. The number of methoxy groups -OCH3 is 1. The van der Waals surface area contributed by atoms with Gasteiger partial charge in [-0.1, -0.05) is 37.8 Å². The van der Waals surface area contributed by atoms with Gasteiger partial charge in [-0.05, 0) is 31.5 Å². The molecule has 0 bridgehead atoms. The molecule has 25 heavy (non-hydrogen) atoms. The number of carbonyl (C=O) groups is 1. The van der Waals surface area contributed by atoms with Gasteiger partial charge in [-0.15, -0.1) is 0 Å². The fourth-order valence-corrected chi connectivity index (χ4v) is 3.52. The van der Waals surface area contributed by atoms with Gasteiger partial charge in [0.25, 0.3) is 5.91 Å². The number of hydrogen-bond acceptors (Lipinski definition) is 4. The van der Waals surface area contributed by atoms with E-state index < -0.39 is 10.0 Å². The molecule has 0 fully saturated rings. The van der Waals surface area contributed by atoms with Gasteiger partial charge in [-0.2, -0.15) is 0 Å². The van der Waals surface area contributed by atoms with E-state index in [9.17, 15) is 13.2 Å². The lowest BCUT2D eigenvalue weighted by molar-refractivity contribution is 0.0938. The zero-order valence-electron chi connectivity index (χ0n) is 15.0. The van der Waals surface area contributed by atoms with Gasteiger partial charge in [0, 0.05) is 19.7 Å². The molecule has 1 unspecified atom stereocenters. The van der Waals surface area contributed by atoms with Gasteiger partial charge >= 0.3 is 0 Å². The standard InChI is InChI=1S/C17H27ClN2O4S/c1-4-5-6-7-13(2)20-17(21)15-12-14(8-9-16(15)18)25(22,23)19-10-11-24-3/h8-9,12-13,19H,4-7,10-11H2,1-3H3,(H,20,21). The fraction of sp³-hybridized carbons (Fsp3) is 0.588. The topological polar surface area (TPSA) is 84.5 Å². The second-order valence-electron chi connectivity index (χ2n) is 5.90. The molecular weight excluding hydrogens is 364 g/mol. The maximum Gasteiger partial charge on any atom is 0.253 e. The molecule has 8 heteroatoms. The molecule has 0 aromatic heterocycles. The Morgan fingerprint density at radius 3 is 2.68 bits per heavy atom. The Labute approximate surface area is 155 Å². The molecule has 1 aromatic carbocycles. The number of nitrogens with one attached hydrogen (secondary N) is 2. The van der Waals surface area contributed by atoms with E-state index in [-0.39, 0.29) is 40.6 Å². The third-order valence-corrected chi connectivity index (χ3v) is 5.50. The molecular formula is C17H27ClN2O4S. The van der Waals surface area contributed by atoms with E-state index in [0.29, 0.717) is 0 Å². The van der Waals surface area contributed by atoms with Crippen molar-refractivity contribution in [3.8, 4) is 0 Å². The van der Waals surface area contributed by atoms with Crippen LogP contribution >= 0.6 is 11.6 Å². The summed E-state index contributed by atoms with van der Waals surface area (Å²) in [6.45, 7) is 4.46. The summed E-state index contributed by atoms with van der Waals surface area (Å²) in [5, 5.41) is 3.09. The summed E-state index contributed by atoms with van der Waals surface area (Å²) in [7, 11) is -2.23. The number of ether oxygens (including phenoxy) is 1. The summed E-state index contributed by atoms with van der Waals surface area (Å²) in [6.07, 6.45) is 4.13. The third kappa shape index (κ3) is 7.32. The third-order valence-electron chi connectivity index (χ3n) is 3.71. The van der Waals surface area contributed by atoms with Crippen LogP contribution in [0.3, 0.4) is 0 Å². The summed E-state index contributed by atoms with van der Waals surface area (Å²) in [5.74, 6) is -0.372. The van der Waals surface area contributed by atoms with Crippen LogP contribution in [0, 0.1) is 0 Å². The van der Waals surface area contributed by atoms with Crippen LogP contribution in [-0.2, 0) is 14.8 Å². The van der Waals surface area contributed by atoms with Gasteiger partial charge in [0.2, 0.25) is 10.0 Å². The van der Waals surface area contributed by atoms with Crippen molar-refractivity contribution in [2.45, 2.75) is 50.5 Å². The lowest BCUT2D eigenvalue weighted by atomic mass is 10.1. The summed E-state index contributed by atoms with van der Waals surface area (Å²) in [6, 6.07) is 4.09. The monoisotopic (exact) mass is 390 g/mol. The van der Waals surface area contributed by atoms with Crippen LogP contribution < -0.4 is 10.0 Å². The van der Waals surface area contributed by atoms with Crippen molar-refractivity contribution in [3.05, 3.63) is 28.8 Å². The number of rotatable bonds is 11. The second-order valence-corrected chi connectivity index (χ2v) is 8.08. The van der Waals surface area contributed by atoms with Crippen LogP contribution in [-0.4, -0.2) is 40.6 Å². The average molecular weight is 391 g/mol. The zero-order chi connectivity index (χ0) is 18.9. The summed E-state index contributed by atoms with van der Waals surface area (Å²) in [5.41, 5.74) is 0.152. The van der Waals surface area contributed by atoms with E-state index in [1.165, 1.54) is 25.3 Å². The van der Waals surface area contributed by atoms with Gasteiger partial charge in [0.1, 0.15) is 0 Å². The van der Waals surface area contributed by atoms with Crippen LogP contribution in [0.15, 0.2) is 23.1 Å². The first-order chi connectivity index (χ1) is 11.8. The average Bonchev–Trinajstić information content (AvgIpc) is 2.55. The minimum Gasteiger partial charge on any atom is -0.383 e. The van der Waals surface area contributed by atoms with Gasteiger partial charge in [0.15, 0.2) is 0 Å².